The van der Waals surface area contributed by atoms with E-state index < -0.39 is 0 Å². The van der Waals surface area contributed by atoms with E-state index in [1.54, 1.807) is 19.0 Å². The zero-order valence-corrected chi connectivity index (χ0v) is 14.8. The highest BCUT2D eigenvalue weighted by molar-refractivity contribution is 8.18. The summed E-state index contributed by atoms with van der Waals surface area (Å²) in [7, 11) is 3.48. The molecular weight excluding hydrogens is 306 g/mol. The number of anilines is 1. The van der Waals surface area contributed by atoms with Crippen LogP contribution in [0.15, 0.2) is 28.1 Å². The van der Waals surface area contributed by atoms with Crippen LogP contribution in [0.25, 0.3) is 6.08 Å². The van der Waals surface area contributed by atoms with Crippen molar-refractivity contribution in [2.75, 3.05) is 32.1 Å². The van der Waals surface area contributed by atoms with E-state index in [0.717, 1.165) is 28.7 Å². The number of hydrogen-bond donors (Lipinski definition) is 0. The van der Waals surface area contributed by atoms with Gasteiger partial charge < -0.3 is 4.90 Å². The van der Waals surface area contributed by atoms with Crippen LogP contribution in [0.4, 0.5) is 5.69 Å². The van der Waals surface area contributed by atoms with Crippen LogP contribution in [0, 0.1) is 6.92 Å². The summed E-state index contributed by atoms with van der Waals surface area (Å²) in [5.41, 5.74) is 3.61. The summed E-state index contributed by atoms with van der Waals surface area (Å²) in [5, 5.41) is 0.754. The number of hydrogen-bond acceptors (Lipinski definition) is 4. The molecule has 4 nitrogen and oxygen atoms in total. The monoisotopic (exact) mass is 329 g/mol. The lowest BCUT2D eigenvalue weighted by Gasteiger charge is -2.29. The first-order valence-electron chi connectivity index (χ1n) is 8.10. The van der Waals surface area contributed by atoms with Crippen molar-refractivity contribution in [3.63, 3.8) is 0 Å². The van der Waals surface area contributed by atoms with Gasteiger partial charge in [0.25, 0.3) is 5.91 Å². The van der Waals surface area contributed by atoms with Gasteiger partial charge in [-0.25, -0.2) is 0 Å². The molecular formula is C18H23N3OS. The van der Waals surface area contributed by atoms with Gasteiger partial charge in [0.1, 0.15) is 0 Å². The van der Waals surface area contributed by atoms with Crippen molar-refractivity contribution in [3.05, 3.63) is 34.2 Å². The van der Waals surface area contributed by atoms with Crippen molar-refractivity contribution in [2.24, 2.45) is 4.99 Å². The van der Waals surface area contributed by atoms with Gasteiger partial charge in [-0.1, -0.05) is 6.07 Å². The predicted molar refractivity (Wildman–Crippen MR) is 98.9 cm³/mol. The van der Waals surface area contributed by atoms with E-state index in [2.05, 4.69) is 35.0 Å². The lowest BCUT2D eigenvalue weighted by Crippen LogP contribution is -2.29. The number of aliphatic imine (C=N–C) groups is 1. The number of amidine groups is 1. The van der Waals surface area contributed by atoms with Crippen LogP contribution in [-0.2, 0) is 4.79 Å². The van der Waals surface area contributed by atoms with E-state index in [1.165, 1.54) is 42.3 Å². The van der Waals surface area contributed by atoms with Crippen LogP contribution in [-0.4, -0.2) is 43.2 Å². The first-order chi connectivity index (χ1) is 11.1. The molecule has 0 unspecified atom stereocenters. The fraction of sp³-hybridized carbons (Fsp3) is 0.444. The Morgan fingerprint density at radius 1 is 1.22 bits per heavy atom. The Labute approximate surface area is 142 Å². The molecule has 3 rings (SSSR count). The zero-order valence-electron chi connectivity index (χ0n) is 14.0. The molecule has 0 saturated carbocycles. The number of carbonyl (C=O) groups is 1. The van der Waals surface area contributed by atoms with E-state index in [0.29, 0.717) is 0 Å². The Bertz CT molecular complexity index is 675. The minimum absolute atomic E-state index is 0.0232. The maximum absolute atomic E-state index is 12.3. The van der Waals surface area contributed by atoms with E-state index >= 15 is 0 Å². The van der Waals surface area contributed by atoms with Crippen molar-refractivity contribution < 1.29 is 4.79 Å². The summed E-state index contributed by atoms with van der Waals surface area (Å²) >= 11 is 1.44. The number of nitrogens with zero attached hydrogens (tertiary/aromatic N) is 3. The summed E-state index contributed by atoms with van der Waals surface area (Å²) in [4.78, 5) is 21.2. The van der Waals surface area contributed by atoms with Crippen molar-refractivity contribution >= 4 is 34.6 Å². The molecule has 1 amide bonds. The average Bonchev–Trinajstić information content (AvgIpc) is 2.85. The van der Waals surface area contributed by atoms with Crippen LogP contribution < -0.4 is 4.90 Å². The van der Waals surface area contributed by atoms with Gasteiger partial charge in [-0.2, -0.15) is 0 Å². The minimum atomic E-state index is 0.0232. The number of amides is 1. The third kappa shape index (κ3) is 3.29. The molecule has 0 radical (unpaired) electrons. The number of piperidine rings is 1. The number of aryl methyl sites for hydroxylation is 1. The van der Waals surface area contributed by atoms with Crippen LogP contribution in [0.1, 0.15) is 30.4 Å². The Kier molecular flexibility index (Phi) is 4.76. The van der Waals surface area contributed by atoms with Gasteiger partial charge in [0.2, 0.25) is 0 Å². The Morgan fingerprint density at radius 3 is 2.57 bits per heavy atom. The van der Waals surface area contributed by atoms with Crippen LogP contribution in [0.5, 0.6) is 0 Å². The molecule has 2 aliphatic heterocycles. The lowest BCUT2D eigenvalue weighted by atomic mass is 10.0. The second kappa shape index (κ2) is 6.79. The molecule has 0 atom stereocenters. The van der Waals surface area contributed by atoms with Crippen LogP contribution >= 0.6 is 11.8 Å². The highest BCUT2D eigenvalue weighted by atomic mass is 32.2. The number of benzene rings is 1. The summed E-state index contributed by atoms with van der Waals surface area (Å²) in [6, 6.07) is 6.54. The van der Waals surface area contributed by atoms with Gasteiger partial charge in [-0.3, -0.25) is 14.7 Å². The molecule has 0 aliphatic carbocycles. The molecule has 2 heterocycles. The van der Waals surface area contributed by atoms with E-state index in [4.69, 9.17) is 0 Å². The van der Waals surface area contributed by atoms with E-state index in [9.17, 15) is 4.79 Å². The number of thioether (sulfide) groups is 1. The summed E-state index contributed by atoms with van der Waals surface area (Å²) < 4.78 is 0. The SMILES string of the molecule is CN=C1S/C(=C/c2ccc(N3CCCCC3)cc2C)C(=O)N1C. The van der Waals surface area contributed by atoms with Crippen molar-refractivity contribution in [1.82, 2.24) is 4.90 Å². The van der Waals surface area contributed by atoms with Crippen molar-refractivity contribution in [1.29, 1.82) is 0 Å². The molecule has 0 bridgehead atoms. The van der Waals surface area contributed by atoms with E-state index in [1.807, 2.05) is 6.08 Å². The topological polar surface area (TPSA) is 35.9 Å². The number of carbonyl (C=O) groups excluding carboxylic acids is 1. The smallest absolute Gasteiger partial charge is 0.266 e. The van der Waals surface area contributed by atoms with Gasteiger partial charge >= 0.3 is 0 Å². The predicted octanol–water partition coefficient (Wildman–Crippen LogP) is 3.52. The fourth-order valence-corrected chi connectivity index (χ4v) is 3.98. The largest absolute Gasteiger partial charge is 0.372 e. The highest BCUT2D eigenvalue weighted by Crippen LogP contribution is 2.32. The van der Waals surface area contributed by atoms with Gasteiger partial charge in [0.05, 0.1) is 4.91 Å². The Hall–Kier alpha value is -1.75. The normalized spacial score (nSPS) is 22.5. The van der Waals surface area contributed by atoms with E-state index in [-0.39, 0.29) is 5.91 Å². The molecule has 2 aliphatic rings. The Balaban J connectivity index is 1.84. The van der Waals surface area contributed by atoms with Gasteiger partial charge in [-0.05, 0) is 67.3 Å². The number of rotatable bonds is 2. The standard InChI is InChI=1S/C18H23N3OS/c1-13-11-15(21-9-5-4-6-10-21)8-7-14(13)12-16-17(22)20(3)18(19-2)23-16/h7-8,11-12H,4-6,9-10H2,1-3H3/b16-12+,19-18?. The van der Waals surface area contributed by atoms with Gasteiger partial charge in [-0.15, -0.1) is 0 Å². The van der Waals surface area contributed by atoms with Crippen LogP contribution in [0.3, 0.4) is 0 Å². The third-order valence-corrected chi connectivity index (χ3v) is 5.61. The first-order valence-corrected chi connectivity index (χ1v) is 8.92. The average molecular weight is 329 g/mol. The number of likely N-dealkylation sites (N-methyl/N-ethyl adjacent to an activating group) is 1. The van der Waals surface area contributed by atoms with Crippen molar-refractivity contribution in [3.8, 4) is 0 Å². The maximum atomic E-state index is 12.3. The summed E-state index contributed by atoms with van der Waals surface area (Å²) in [6.07, 6.45) is 5.88. The van der Waals surface area contributed by atoms with Crippen LogP contribution in [0.2, 0.25) is 0 Å². The molecule has 1 aromatic carbocycles. The van der Waals surface area contributed by atoms with Crippen molar-refractivity contribution in [2.45, 2.75) is 26.2 Å². The first kappa shape index (κ1) is 16.1. The molecule has 2 fully saturated rings. The zero-order chi connectivity index (χ0) is 16.4. The second-order valence-corrected chi connectivity index (χ2v) is 7.08. The second-order valence-electron chi connectivity index (χ2n) is 6.07. The van der Waals surface area contributed by atoms with Gasteiger partial charge in [0.15, 0.2) is 5.17 Å². The molecule has 0 aromatic heterocycles. The quantitative estimate of drug-likeness (QED) is 0.779. The Morgan fingerprint density at radius 2 is 1.96 bits per heavy atom. The molecule has 0 spiro atoms. The molecule has 5 heteroatoms. The fourth-order valence-electron chi connectivity index (χ4n) is 3.06. The highest BCUT2D eigenvalue weighted by Gasteiger charge is 2.29. The lowest BCUT2D eigenvalue weighted by molar-refractivity contribution is -0.121. The molecule has 0 N–H and O–H groups in total. The molecule has 122 valence electrons. The summed E-state index contributed by atoms with van der Waals surface area (Å²) in [5.74, 6) is 0.0232. The maximum Gasteiger partial charge on any atom is 0.266 e. The minimum Gasteiger partial charge on any atom is -0.372 e. The molecule has 1 aromatic rings. The third-order valence-electron chi connectivity index (χ3n) is 4.46. The van der Waals surface area contributed by atoms with Gasteiger partial charge in [0, 0.05) is 32.9 Å². The summed E-state index contributed by atoms with van der Waals surface area (Å²) in [6.45, 7) is 4.41. The molecule has 2 saturated heterocycles. The molecule has 23 heavy (non-hydrogen) atoms.